The molecule has 0 heterocycles. The summed E-state index contributed by atoms with van der Waals surface area (Å²) < 4.78 is 0. The van der Waals surface area contributed by atoms with Crippen molar-refractivity contribution >= 4 is 22.8 Å². The van der Waals surface area contributed by atoms with Gasteiger partial charge >= 0.3 is 5.69 Å². The molecule has 6 atom stereocenters. The molecule has 8 heteroatoms. The van der Waals surface area contributed by atoms with Crippen LogP contribution in [0.15, 0.2) is 34.4 Å². The minimum atomic E-state index is -0.622. The van der Waals surface area contributed by atoms with Gasteiger partial charge in [-0.25, -0.2) is 0 Å². The van der Waals surface area contributed by atoms with Gasteiger partial charge in [0.25, 0.3) is 5.69 Å². The number of nitro groups is 2. The number of anilines is 1. The Kier molecular flexibility index (Phi) is 4.98. The molecular weight excluding hydrogens is 432 g/mol. The maximum Gasteiger partial charge on any atom is 0.301 e. The van der Waals surface area contributed by atoms with Crippen LogP contribution in [0, 0.1) is 66.6 Å². The van der Waals surface area contributed by atoms with Crippen molar-refractivity contribution in [3.63, 3.8) is 0 Å². The van der Waals surface area contributed by atoms with Crippen LogP contribution in [0.3, 0.4) is 0 Å². The molecule has 4 saturated carbocycles. The maximum absolute atomic E-state index is 11.6. The molecule has 4 bridgehead atoms. The fourth-order valence-corrected chi connectivity index (χ4v) is 7.57. The van der Waals surface area contributed by atoms with E-state index in [0.29, 0.717) is 40.9 Å². The molecule has 34 heavy (non-hydrogen) atoms. The summed E-state index contributed by atoms with van der Waals surface area (Å²) in [5.41, 5.74) is 7.06. The molecule has 1 N–H and O–H groups in total. The highest BCUT2D eigenvalue weighted by Gasteiger charge is 2.60. The molecule has 0 radical (unpaired) electrons. The first-order chi connectivity index (χ1) is 15.9. The Morgan fingerprint density at radius 2 is 1.65 bits per heavy atom. The van der Waals surface area contributed by atoms with Crippen LogP contribution in [0.4, 0.5) is 17.1 Å². The summed E-state index contributed by atoms with van der Waals surface area (Å²) in [4.78, 5) is 21.5. The van der Waals surface area contributed by atoms with Crippen molar-refractivity contribution in [2.75, 3.05) is 5.43 Å². The predicted molar refractivity (Wildman–Crippen MR) is 132 cm³/mol. The van der Waals surface area contributed by atoms with Crippen LogP contribution in [0.2, 0.25) is 0 Å². The number of benzene rings is 1. The van der Waals surface area contributed by atoms with Crippen molar-refractivity contribution in [1.82, 2.24) is 0 Å². The van der Waals surface area contributed by atoms with E-state index in [1.807, 2.05) is 0 Å². The van der Waals surface area contributed by atoms with E-state index >= 15 is 0 Å². The van der Waals surface area contributed by atoms with Crippen molar-refractivity contribution < 1.29 is 9.85 Å². The fourth-order valence-electron chi connectivity index (χ4n) is 7.57. The van der Waals surface area contributed by atoms with Crippen LogP contribution in [0.5, 0.6) is 0 Å². The molecule has 0 unspecified atom stereocenters. The van der Waals surface area contributed by atoms with E-state index < -0.39 is 9.85 Å². The Labute approximate surface area is 200 Å². The Balaban J connectivity index is 1.56. The monoisotopic (exact) mass is 466 g/mol. The Morgan fingerprint density at radius 1 is 0.971 bits per heavy atom. The van der Waals surface area contributed by atoms with Crippen molar-refractivity contribution in [3.05, 3.63) is 49.6 Å². The zero-order valence-corrected chi connectivity index (χ0v) is 20.8. The molecule has 8 nitrogen and oxygen atoms in total. The molecule has 4 aliphatic rings. The van der Waals surface area contributed by atoms with Gasteiger partial charge in [-0.05, 0) is 71.3 Å². The molecular formula is C26H34N4O4. The number of nitrogens with zero attached hydrogens (tertiary/aromatic N) is 3. The first-order valence-electron chi connectivity index (χ1n) is 12.3. The molecule has 4 aliphatic carbocycles. The standard InChI is InChI=1S/C26H34N4O4/c1-13-17-9-15(25(13,3)4)10-19(17)23-20-12-18(14(2)26(20,5)6)24(23)28-27-21-8-7-16(29(31)32)11-22(21)30(33)34/h7-8,11,13-15,17-18,20,27H,9-10,12H2,1-6H3/b23-19+,28-24?/t13-,14+,15+,17-,18+,20-/m1/s1. The summed E-state index contributed by atoms with van der Waals surface area (Å²) in [5.74, 6) is 3.12. The second kappa shape index (κ2) is 7.36. The average Bonchev–Trinajstić information content (AvgIpc) is 3.47. The number of rotatable bonds is 4. The Morgan fingerprint density at radius 3 is 2.24 bits per heavy atom. The topological polar surface area (TPSA) is 111 Å². The average molecular weight is 467 g/mol. The van der Waals surface area contributed by atoms with Crippen molar-refractivity contribution in [3.8, 4) is 0 Å². The predicted octanol–water partition coefficient (Wildman–Crippen LogP) is 6.58. The largest absolute Gasteiger partial charge is 0.301 e. The molecule has 0 aliphatic heterocycles. The van der Waals surface area contributed by atoms with Crippen molar-refractivity contribution in [2.24, 2.45) is 51.4 Å². The van der Waals surface area contributed by atoms with Gasteiger partial charge in [-0.3, -0.25) is 25.7 Å². The SMILES string of the molecule is C[C@@H]1[C@H]2C[C@@H](C/C2=C2\C(=NNc3ccc([N+](=O)[O-])cc3[N+](=O)[O-])[C@H]3C[C@H]2C(C)(C)[C@H]3C)C1(C)C. The second-order valence-electron chi connectivity index (χ2n) is 12.1. The van der Waals surface area contributed by atoms with Gasteiger partial charge in [0.15, 0.2) is 0 Å². The summed E-state index contributed by atoms with van der Waals surface area (Å²) in [5, 5.41) is 27.5. The molecule has 1 aromatic carbocycles. The van der Waals surface area contributed by atoms with Gasteiger partial charge in [0.2, 0.25) is 0 Å². The normalized spacial score (nSPS) is 38.0. The van der Waals surface area contributed by atoms with Gasteiger partial charge < -0.3 is 0 Å². The first kappa shape index (κ1) is 23.0. The van der Waals surface area contributed by atoms with E-state index in [0.717, 1.165) is 24.6 Å². The van der Waals surface area contributed by atoms with Crippen molar-refractivity contribution in [2.45, 2.75) is 60.8 Å². The zero-order valence-electron chi connectivity index (χ0n) is 20.8. The van der Waals surface area contributed by atoms with Crippen LogP contribution in [0.1, 0.15) is 60.8 Å². The minimum Gasteiger partial charge on any atom is -0.271 e. The van der Waals surface area contributed by atoms with Crippen LogP contribution >= 0.6 is 0 Å². The summed E-state index contributed by atoms with van der Waals surface area (Å²) >= 11 is 0. The van der Waals surface area contributed by atoms with Crippen LogP contribution in [-0.4, -0.2) is 15.6 Å². The lowest BCUT2D eigenvalue weighted by Crippen LogP contribution is -2.38. The van der Waals surface area contributed by atoms with Gasteiger partial charge in [-0.1, -0.05) is 47.1 Å². The number of hydrogen-bond acceptors (Lipinski definition) is 6. The lowest BCUT2D eigenvalue weighted by molar-refractivity contribution is -0.393. The highest BCUT2D eigenvalue weighted by atomic mass is 16.6. The molecule has 5 rings (SSSR count). The Hall–Kier alpha value is -2.77. The third-order valence-corrected chi connectivity index (χ3v) is 10.5. The highest BCUT2D eigenvalue weighted by Crippen LogP contribution is 2.67. The molecule has 0 saturated heterocycles. The Bertz CT molecular complexity index is 1150. The van der Waals surface area contributed by atoms with E-state index in [1.54, 1.807) is 5.57 Å². The highest BCUT2D eigenvalue weighted by molar-refractivity contribution is 6.07. The second-order valence-corrected chi connectivity index (χ2v) is 12.1. The van der Waals surface area contributed by atoms with Crippen molar-refractivity contribution in [1.29, 1.82) is 0 Å². The minimum absolute atomic E-state index is 0.185. The molecule has 1 aromatic rings. The summed E-state index contributed by atoms with van der Waals surface area (Å²) in [6.45, 7) is 14.2. The number of hydrogen-bond donors (Lipinski definition) is 1. The lowest BCUT2D eigenvalue weighted by atomic mass is 9.62. The van der Waals surface area contributed by atoms with Gasteiger partial charge in [0, 0.05) is 12.0 Å². The number of nitrogens with one attached hydrogen (secondary N) is 1. The van der Waals surface area contributed by atoms with Gasteiger partial charge in [0.1, 0.15) is 5.69 Å². The van der Waals surface area contributed by atoms with Crippen LogP contribution in [-0.2, 0) is 0 Å². The van der Waals surface area contributed by atoms with E-state index in [4.69, 9.17) is 5.10 Å². The van der Waals surface area contributed by atoms with Gasteiger partial charge in [-0.15, -0.1) is 0 Å². The van der Waals surface area contributed by atoms with E-state index in [9.17, 15) is 20.2 Å². The molecule has 0 aromatic heterocycles. The molecule has 182 valence electrons. The number of nitro benzene ring substituents is 2. The molecule has 0 amide bonds. The summed E-state index contributed by atoms with van der Waals surface area (Å²) in [6, 6.07) is 3.66. The quantitative estimate of drug-likeness (QED) is 0.398. The summed E-state index contributed by atoms with van der Waals surface area (Å²) in [7, 11) is 0. The number of hydrazone groups is 1. The van der Waals surface area contributed by atoms with Crippen LogP contribution in [0.25, 0.3) is 0 Å². The van der Waals surface area contributed by atoms with Gasteiger partial charge in [0.05, 0.1) is 21.6 Å². The third kappa shape index (κ3) is 3.06. The molecule has 4 fully saturated rings. The van der Waals surface area contributed by atoms with E-state index in [1.165, 1.54) is 24.1 Å². The molecule has 0 spiro atoms. The van der Waals surface area contributed by atoms with E-state index in [-0.39, 0.29) is 22.5 Å². The fraction of sp³-hybridized carbons (Fsp3) is 0.654. The summed E-state index contributed by atoms with van der Waals surface area (Å²) in [6.07, 6.45) is 3.45. The van der Waals surface area contributed by atoms with Crippen LogP contribution < -0.4 is 5.43 Å². The third-order valence-electron chi connectivity index (χ3n) is 10.5. The number of non-ortho nitro benzene ring substituents is 1. The smallest absolute Gasteiger partial charge is 0.271 e. The van der Waals surface area contributed by atoms with E-state index in [2.05, 4.69) is 47.0 Å². The maximum atomic E-state index is 11.6. The lowest BCUT2D eigenvalue weighted by Gasteiger charge is -2.42. The number of fused-ring (bicyclic) bond motifs is 4. The zero-order chi connectivity index (χ0) is 24.7. The number of allylic oxidation sites excluding steroid dienone is 2. The first-order valence-corrected chi connectivity index (χ1v) is 12.3. The van der Waals surface area contributed by atoms with Gasteiger partial charge in [-0.2, -0.15) is 5.10 Å².